The van der Waals surface area contributed by atoms with Gasteiger partial charge in [0.05, 0.1) is 11.1 Å². The number of hydrazine groups is 1. The second-order valence-corrected chi connectivity index (χ2v) is 4.84. The van der Waals surface area contributed by atoms with E-state index in [-0.39, 0.29) is 17.0 Å². The molecule has 0 aliphatic carbocycles. The first-order valence-corrected chi connectivity index (χ1v) is 6.35. The fourth-order valence-electron chi connectivity index (χ4n) is 1.97. The molecule has 0 aromatic heterocycles. The van der Waals surface area contributed by atoms with Crippen molar-refractivity contribution < 1.29 is 17.6 Å². The standard InChI is InChI=1S/C14H11ClF4N2/c15-9-5-7(1-3-10(9)16)6-12(21-20)8-2-4-11(17)14(19)13(8)18/h1-5,12,21H,6,20H2. The Morgan fingerprint density at radius 3 is 2.29 bits per heavy atom. The van der Waals surface area contributed by atoms with Crippen LogP contribution in [0.5, 0.6) is 0 Å². The van der Waals surface area contributed by atoms with Crippen LogP contribution in [0.1, 0.15) is 17.2 Å². The van der Waals surface area contributed by atoms with E-state index < -0.39 is 29.3 Å². The highest BCUT2D eigenvalue weighted by atomic mass is 35.5. The highest BCUT2D eigenvalue weighted by Gasteiger charge is 2.20. The molecule has 1 atom stereocenters. The Kier molecular flexibility index (Phi) is 4.82. The maximum atomic E-state index is 13.7. The van der Waals surface area contributed by atoms with Gasteiger partial charge in [-0.2, -0.15) is 0 Å². The number of nitrogens with one attached hydrogen (secondary N) is 1. The molecule has 112 valence electrons. The van der Waals surface area contributed by atoms with E-state index in [1.165, 1.54) is 12.1 Å². The van der Waals surface area contributed by atoms with Crippen LogP contribution in [0.3, 0.4) is 0 Å². The molecule has 0 saturated carbocycles. The molecular weight excluding hydrogens is 308 g/mol. The summed E-state index contributed by atoms with van der Waals surface area (Å²) in [5, 5.41) is -0.0889. The number of halogens is 5. The average molecular weight is 319 g/mol. The molecule has 2 aromatic rings. The van der Waals surface area contributed by atoms with Crippen LogP contribution in [0.15, 0.2) is 30.3 Å². The fourth-order valence-corrected chi connectivity index (χ4v) is 2.17. The molecule has 0 bridgehead atoms. The summed E-state index contributed by atoms with van der Waals surface area (Å²) in [6, 6.07) is 5.07. The summed E-state index contributed by atoms with van der Waals surface area (Å²) in [5.41, 5.74) is 2.76. The number of hydrogen-bond donors (Lipinski definition) is 2. The third kappa shape index (κ3) is 3.34. The molecule has 3 N–H and O–H groups in total. The number of nitrogens with two attached hydrogens (primary N) is 1. The Hall–Kier alpha value is -1.63. The van der Waals surface area contributed by atoms with E-state index in [4.69, 9.17) is 17.4 Å². The van der Waals surface area contributed by atoms with Crippen LogP contribution in [-0.2, 0) is 6.42 Å². The van der Waals surface area contributed by atoms with Gasteiger partial charge in [-0.05, 0) is 30.2 Å². The summed E-state index contributed by atoms with van der Waals surface area (Å²) in [6.45, 7) is 0. The van der Waals surface area contributed by atoms with Crippen LogP contribution >= 0.6 is 11.6 Å². The van der Waals surface area contributed by atoms with Gasteiger partial charge in [0.15, 0.2) is 17.5 Å². The minimum atomic E-state index is -1.56. The monoisotopic (exact) mass is 318 g/mol. The van der Waals surface area contributed by atoms with E-state index >= 15 is 0 Å². The summed E-state index contributed by atoms with van der Waals surface area (Å²) < 4.78 is 53.0. The Labute approximate surface area is 123 Å². The average Bonchev–Trinajstić information content (AvgIpc) is 2.47. The van der Waals surface area contributed by atoms with Crippen molar-refractivity contribution in [1.29, 1.82) is 0 Å². The zero-order chi connectivity index (χ0) is 15.6. The summed E-state index contributed by atoms with van der Waals surface area (Å²) in [7, 11) is 0. The highest BCUT2D eigenvalue weighted by Crippen LogP contribution is 2.25. The minimum Gasteiger partial charge on any atom is -0.271 e. The molecule has 7 heteroatoms. The quantitative estimate of drug-likeness (QED) is 0.391. The van der Waals surface area contributed by atoms with E-state index in [9.17, 15) is 17.6 Å². The Morgan fingerprint density at radius 1 is 1.00 bits per heavy atom. The van der Waals surface area contributed by atoms with Crippen LogP contribution in [0.2, 0.25) is 5.02 Å². The van der Waals surface area contributed by atoms with Crippen molar-refractivity contribution in [2.75, 3.05) is 0 Å². The van der Waals surface area contributed by atoms with Gasteiger partial charge in [0.2, 0.25) is 0 Å². The molecule has 2 aromatic carbocycles. The lowest BCUT2D eigenvalue weighted by Gasteiger charge is -2.17. The topological polar surface area (TPSA) is 38.0 Å². The van der Waals surface area contributed by atoms with Gasteiger partial charge in [0.25, 0.3) is 0 Å². The van der Waals surface area contributed by atoms with Crippen LogP contribution in [0, 0.1) is 23.3 Å². The molecule has 21 heavy (non-hydrogen) atoms. The first-order valence-electron chi connectivity index (χ1n) is 5.97. The van der Waals surface area contributed by atoms with Crippen molar-refractivity contribution in [3.8, 4) is 0 Å². The zero-order valence-corrected chi connectivity index (χ0v) is 11.4. The van der Waals surface area contributed by atoms with Gasteiger partial charge in [0.1, 0.15) is 5.82 Å². The SMILES string of the molecule is NNC(Cc1ccc(F)c(Cl)c1)c1ccc(F)c(F)c1F. The van der Waals surface area contributed by atoms with E-state index in [1.807, 2.05) is 0 Å². The predicted molar refractivity (Wildman–Crippen MR) is 71.5 cm³/mol. The first kappa shape index (κ1) is 15.8. The lowest BCUT2D eigenvalue weighted by molar-refractivity contribution is 0.424. The zero-order valence-electron chi connectivity index (χ0n) is 10.6. The molecule has 1 unspecified atom stereocenters. The second kappa shape index (κ2) is 6.43. The van der Waals surface area contributed by atoms with Crippen LogP contribution in [0.25, 0.3) is 0 Å². The van der Waals surface area contributed by atoms with Crippen LogP contribution in [0.4, 0.5) is 17.6 Å². The molecule has 2 nitrogen and oxygen atoms in total. The van der Waals surface area contributed by atoms with E-state index in [1.54, 1.807) is 0 Å². The maximum absolute atomic E-state index is 13.7. The lowest BCUT2D eigenvalue weighted by atomic mass is 9.98. The van der Waals surface area contributed by atoms with E-state index in [2.05, 4.69) is 5.43 Å². The van der Waals surface area contributed by atoms with Gasteiger partial charge in [-0.1, -0.05) is 23.7 Å². The van der Waals surface area contributed by atoms with Gasteiger partial charge in [-0.25, -0.2) is 17.6 Å². The van der Waals surface area contributed by atoms with Crippen molar-refractivity contribution in [3.05, 3.63) is 69.8 Å². The summed E-state index contributed by atoms with van der Waals surface area (Å²) in [6.07, 6.45) is 0.124. The molecule has 0 amide bonds. The van der Waals surface area contributed by atoms with Gasteiger partial charge >= 0.3 is 0 Å². The normalized spacial score (nSPS) is 12.5. The largest absolute Gasteiger partial charge is 0.271 e. The highest BCUT2D eigenvalue weighted by molar-refractivity contribution is 6.30. The van der Waals surface area contributed by atoms with Crippen LogP contribution < -0.4 is 11.3 Å². The smallest absolute Gasteiger partial charge is 0.194 e. The van der Waals surface area contributed by atoms with Gasteiger partial charge in [-0.15, -0.1) is 0 Å². The van der Waals surface area contributed by atoms with Crippen molar-refractivity contribution in [3.63, 3.8) is 0 Å². The molecule has 2 rings (SSSR count). The second-order valence-electron chi connectivity index (χ2n) is 4.44. The summed E-state index contributed by atoms with van der Waals surface area (Å²) in [5.74, 6) is 0.592. The summed E-state index contributed by atoms with van der Waals surface area (Å²) >= 11 is 5.65. The Morgan fingerprint density at radius 2 is 1.67 bits per heavy atom. The van der Waals surface area contributed by atoms with E-state index in [0.29, 0.717) is 5.56 Å². The molecule has 0 aliphatic rings. The number of rotatable bonds is 4. The Balaban J connectivity index is 2.32. The van der Waals surface area contributed by atoms with Gasteiger partial charge in [-0.3, -0.25) is 11.3 Å². The predicted octanol–water partition coefficient (Wildman–Crippen LogP) is 3.64. The fraction of sp³-hybridized carbons (Fsp3) is 0.143. The van der Waals surface area contributed by atoms with Crippen molar-refractivity contribution >= 4 is 11.6 Å². The van der Waals surface area contributed by atoms with Gasteiger partial charge < -0.3 is 0 Å². The van der Waals surface area contributed by atoms with Crippen molar-refractivity contribution in [1.82, 2.24) is 5.43 Å². The molecule has 0 aliphatic heterocycles. The van der Waals surface area contributed by atoms with Crippen molar-refractivity contribution in [2.45, 2.75) is 12.5 Å². The van der Waals surface area contributed by atoms with E-state index in [0.717, 1.165) is 18.2 Å². The Bertz CT molecular complexity index is 664. The minimum absolute atomic E-state index is 0.0889. The molecule has 0 radical (unpaired) electrons. The molecule has 0 fully saturated rings. The molecule has 0 heterocycles. The molecule has 0 spiro atoms. The van der Waals surface area contributed by atoms with Gasteiger partial charge in [0, 0.05) is 5.56 Å². The third-order valence-corrected chi connectivity index (χ3v) is 3.36. The number of hydrogen-bond acceptors (Lipinski definition) is 2. The van der Waals surface area contributed by atoms with Crippen LogP contribution in [-0.4, -0.2) is 0 Å². The third-order valence-electron chi connectivity index (χ3n) is 3.07. The lowest BCUT2D eigenvalue weighted by Crippen LogP contribution is -2.30. The molecule has 0 saturated heterocycles. The summed E-state index contributed by atoms with van der Waals surface area (Å²) in [4.78, 5) is 0. The number of benzene rings is 2. The molecular formula is C14H11ClF4N2. The maximum Gasteiger partial charge on any atom is 0.194 e. The van der Waals surface area contributed by atoms with Crippen molar-refractivity contribution in [2.24, 2.45) is 5.84 Å². The first-order chi connectivity index (χ1) is 9.93.